The quantitative estimate of drug-likeness (QED) is 0.732. The number of nitrogens with zero attached hydrogens (tertiary/aromatic N) is 3. The van der Waals surface area contributed by atoms with E-state index in [0.717, 1.165) is 16.5 Å². The summed E-state index contributed by atoms with van der Waals surface area (Å²) in [4.78, 5) is 12.5. The van der Waals surface area contributed by atoms with Gasteiger partial charge in [0, 0.05) is 29.5 Å². The van der Waals surface area contributed by atoms with Crippen LogP contribution in [0.2, 0.25) is 0 Å². The molecule has 2 aromatic heterocycles. The highest BCUT2D eigenvalue weighted by atomic mass is 15.0. The fraction of sp³-hybridized carbons (Fsp3) is 0.0714. The van der Waals surface area contributed by atoms with Gasteiger partial charge in [0.15, 0.2) is 0 Å². The Hall–Kier alpha value is -2.69. The molecule has 0 bridgehead atoms. The molecule has 1 aromatic carbocycles. The van der Waals surface area contributed by atoms with Crippen LogP contribution in [0.3, 0.4) is 0 Å². The summed E-state index contributed by atoms with van der Waals surface area (Å²) in [6.45, 7) is 1.81. The number of aryl methyl sites for hydroxylation is 1. The van der Waals surface area contributed by atoms with Crippen LogP contribution >= 0.6 is 0 Å². The molecule has 94 valence electrons. The molecule has 0 amide bonds. The zero-order chi connectivity index (χ0) is 13.2. The lowest BCUT2D eigenvalue weighted by molar-refractivity contribution is 1.06. The van der Waals surface area contributed by atoms with Gasteiger partial charge in [-0.25, -0.2) is 9.97 Å². The highest BCUT2D eigenvalue weighted by Gasteiger charge is 2.03. The van der Waals surface area contributed by atoms with E-state index in [0.29, 0.717) is 17.5 Å². The molecular weight excluding hydrogens is 238 g/mol. The van der Waals surface area contributed by atoms with Gasteiger partial charge in [0.25, 0.3) is 0 Å². The molecule has 5 heteroatoms. The average molecular weight is 251 g/mol. The van der Waals surface area contributed by atoms with Gasteiger partial charge < -0.3 is 11.1 Å². The third-order valence-electron chi connectivity index (χ3n) is 2.80. The van der Waals surface area contributed by atoms with Crippen molar-refractivity contribution in [2.45, 2.75) is 6.92 Å². The number of benzene rings is 1. The van der Waals surface area contributed by atoms with E-state index in [2.05, 4.69) is 20.3 Å². The van der Waals surface area contributed by atoms with Crippen LogP contribution in [-0.2, 0) is 0 Å². The van der Waals surface area contributed by atoms with E-state index in [4.69, 9.17) is 5.73 Å². The number of fused-ring (bicyclic) bond motifs is 1. The third kappa shape index (κ3) is 2.30. The van der Waals surface area contributed by atoms with Gasteiger partial charge in [0.1, 0.15) is 17.5 Å². The minimum atomic E-state index is 0.452. The Kier molecular flexibility index (Phi) is 2.72. The normalized spacial score (nSPS) is 10.6. The summed E-state index contributed by atoms with van der Waals surface area (Å²) in [7, 11) is 0. The number of anilines is 3. The van der Waals surface area contributed by atoms with Crippen molar-refractivity contribution >= 4 is 28.1 Å². The van der Waals surface area contributed by atoms with Crippen LogP contribution in [0.1, 0.15) is 5.82 Å². The van der Waals surface area contributed by atoms with Crippen molar-refractivity contribution in [2.24, 2.45) is 0 Å². The number of nitrogens with two attached hydrogens (primary N) is 1. The van der Waals surface area contributed by atoms with E-state index < -0.39 is 0 Å². The number of nitrogen functional groups attached to an aromatic ring is 1. The van der Waals surface area contributed by atoms with E-state index >= 15 is 0 Å². The molecule has 0 saturated carbocycles. The van der Waals surface area contributed by atoms with Gasteiger partial charge in [-0.05, 0) is 24.4 Å². The summed E-state index contributed by atoms with van der Waals surface area (Å²) >= 11 is 0. The van der Waals surface area contributed by atoms with Crippen LogP contribution in [0.5, 0.6) is 0 Å². The summed E-state index contributed by atoms with van der Waals surface area (Å²) < 4.78 is 0. The zero-order valence-corrected chi connectivity index (χ0v) is 10.5. The molecule has 3 rings (SSSR count). The van der Waals surface area contributed by atoms with Gasteiger partial charge in [0.05, 0.1) is 0 Å². The molecule has 0 saturated heterocycles. The number of hydrogen-bond donors (Lipinski definition) is 2. The Balaban J connectivity index is 2.05. The van der Waals surface area contributed by atoms with Crippen LogP contribution in [0.15, 0.2) is 42.7 Å². The molecular formula is C14H13N5. The first-order valence-corrected chi connectivity index (χ1v) is 5.93. The second-order valence-electron chi connectivity index (χ2n) is 4.25. The zero-order valence-electron chi connectivity index (χ0n) is 10.5. The number of aromatic nitrogens is 3. The Bertz CT molecular complexity index is 713. The Morgan fingerprint density at radius 2 is 2.05 bits per heavy atom. The lowest BCUT2D eigenvalue weighted by Gasteiger charge is -2.09. The first-order valence-electron chi connectivity index (χ1n) is 5.93. The molecule has 19 heavy (non-hydrogen) atoms. The van der Waals surface area contributed by atoms with Crippen molar-refractivity contribution in [3.05, 3.63) is 48.5 Å². The van der Waals surface area contributed by atoms with Gasteiger partial charge in [-0.15, -0.1) is 0 Å². The fourth-order valence-corrected chi connectivity index (χ4v) is 2.02. The van der Waals surface area contributed by atoms with Crippen molar-refractivity contribution in [2.75, 3.05) is 11.1 Å². The Labute approximate surface area is 110 Å². The highest BCUT2D eigenvalue weighted by molar-refractivity contribution is 5.94. The number of hydrogen-bond acceptors (Lipinski definition) is 5. The molecule has 0 aliphatic heterocycles. The maximum absolute atomic E-state index is 5.72. The molecule has 3 N–H and O–H groups in total. The summed E-state index contributed by atoms with van der Waals surface area (Å²) in [5, 5.41) is 5.42. The van der Waals surface area contributed by atoms with Crippen molar-refractivity contribution in [1.82, 2.24) is 15.0 Å². The lowest BCUT2D eigenvalue weighted by Crippen LogP contribution is -2.01. The van der Waals surface area contributed by atoms with Gasteiger partial charge in [0.2, 0.25) is 0 Å². The van der Waals surface area contributed by atoms with Crippen molar-refractivity contribution in [3.8, 4) is 0 Å². The Morgan fingerprint density at radius 3 is 2.89 bits per heavy atom. The van der Waals surface area contributed by atoms with Gasteiger partial charge in [-0.2, -0.15) is 0 Å². The Morgan fingerprint density at radius 1 is 1.16 bits per heavy atom. The molecule has 0 aliphatic carbocycles. The number of nitrogens with one attached hydrogen (secondary N) is 1. The summed E-state index contributed by atoms with van der Waals surface area (Å²) in [6.07, 6.45) is 3.61. The first kappa shape index (κ1) is 11.4. The van der Waals surface area contributed by atoms with E-state index in [9.17, 15) is 0 Å². The highest BCUT2D eigenvalue weighted by Crippen LogP contribution is 2.25. The fourth-order valence-electron chi connectivity index (χ4n) is 2.02. The predicted molar refractivity (Wildman–Crippen MR) is 76.2 cm³/mol. The minimum Gasteiger partial charge on any atom is -0.384 e. The molecule has 0 spiro atoms. The molecule has 0 unspecified atom stereocenters. The van der Waals surface area contributed by atoms with Crippen LogP contribution < -0.4 is 11.1 Å². The summed E-state index contributed by atoms with van der Waals surface area (Å²) in [5.41, 5.74) is 6.67. The minimum absolute atomic E-state index is 0.452. The molecule has 0 aliphatic rings. The lowest BCUT2D eigenvalue weighted by atomic mass is 10.1. The van der Waals surface area contributed by atoms with Gasteiger partial charge in [-0.1, -0.05) is 12.1 Å². The van der Waals surface area contributed by atoms with Crippen molar-refractivity contribution in [1.29, 1.82) is 0 Å². The van der Waals surface area contributed by atoms with E-state index in [1.165, 1.54) is 0 Å². The summed E-state index contributed by atoms with van der Waals surface area (Å²) in [6, 6.07) is 9.70. The maximum Gasteiger partial charge on any atom is 0.136 e. The van der Waals surface area contributed by atoms with Crippen LogP contribution in [0.25, 0.3) is 10.8 Å². The van der Waals surface area contributed by atoms with Crippen molar-refractivity contribution in [3.63, 3.8) is 0 Å². The van der Waals surface area contributed by atoms with Crippen LogP contribution in [0.4, 0.5) is 17.3 Å². The summed E-state index contributed by atoms with van der Waals surface area (Å²) in [5.74, 6) is 1.77. The number of rotatable bonds is 2. The van der Waals surface area contributed by atoms with E-state index in [1.54, 1.807) is 12.3 Å². The van der Waals surface area contributed by atoms with Gasteiger partial charge in [-0.3, -0.25) is 4.98 Å². The standard InChI is InChI=1S/C14H13N5/c1-9-17-13(15)7-14(18-9)19-12-4-2-3-10-5-6-16-8-11(10)12/h2-8H,1H3,(H3,15,17,18,19). The molecule has 0 atom stereocenters. The van der Waals surface area contributed by atoms with Crippen molar-refractivity contribution < 1.29 is 0 Å². The second-order valence-corrected chi connectivity index (χ2v) is 4.25. The molecule has 0 radical (unpaired) electrons. The topological polar surface area (TPSA) is 76.7 Å². The van der Waals surface area contributed by atoms with E-state index in [1.807, 2.05) is 37.4 Å². The molecule has 3 aromatic rings. The molecule has 0 fully saturated rings. The smallest absolute Gasteiger partial charge is 0.136 e. The first-order chi connectivity index (χ1) is 9.22. The number of pyridine rings is 1. The average Bonchev–Trinajstić information content (AvgIpc) is 2.38. The maximum atomic E-state index is 5.72. The largest absolute Gasteiger partial charge is 0.384 e. The molecule has 2 heterocycles. The van der Waals surface area contributed by atoms with Gasteiger partial charge >= 0.3 is 0 Å². The predicted octanol–water partition coefficient (Wildman–Crippen LogP) is 2.66. The third-order valence-corrected chi connectivity index (χ3v) is 2.80. The van der Waals surface area contributed by atoms with Crippen LogP contribution in [-0.4, -0.2) is 15.0 Å². The van der Waals surface area contributed by atoms with E-state index in [-0.39, 0.29) is 0 Å². The SMILES string of the molecule is Cc1nc(N)cc(Nc2cccc3ccncc23)n1. The molecule has 5 nitrogen and oxygen atoms in total. The monoisotopic (exact) mass is 251 g/mol. The second kappa shape index (κ2) is 4.53. The van der Waals surface area contributed by atoms with Crippen LogP contribution in [0, 0.1) is 6.92 Å².